The van der Waals surface area contributed by atoms with Gasteiger partial charge in [-0.05, 0) is 77.5 Å². The van der Waals surface area contributed by atoms with E-state index < -0.39 is 68.5 Å². The molecule has 2 aliphatic heterocycles. The molecule has 56 heavy (non-hydrogen) atoms. The Kier molecular flexibility index (Phi) is 10.7. The van der Waals surface area contributed by atoms with E-state index in [2.05, 4.69) is 25.4 Å². The van der Waals surface area contributed by atoms with Crippen LogP contribution in [0.2, 0.25) is 0 Å². The maximum atomic E-state index is 14.6. The monoisotopic (exact) mass is 791 g/mol. The molecule has 1 aromatic carbocycles. The summed E-state index contributed by atoms with van der Waals surface area (Å²) in [5.41, 5.74) is -0.418. The molecule has 3 fully saturated rings. The second kappa shape index (κ2) is 15.4. The van der Waals surface area contributed by atoms with Gasteiger partial charge >= 0.3 is 0 Å². The van der Waals surface area contributed by atoms with Gasteiger partial charge < -0.3 is 30.1 Å². The Bertz CT molecular complexity index is 2180. The van der Waals surface area contributed by atoms with Crippen molar-refractivity contribution in [3.05, 3.63) is 53.9 Å². The van der Waals surface area contributed by atoms with Crippen molar-refractivity contribution in [3.8, 4) is 17.4 Å². The van der Waals surface area contributed by atoms with Crippen molar-refractivity contribution in [2.45, 2.75) is 114 Å². The number of phenols is 1. The fraction of sp³-hybridized carbons (Fsp3) is 0.538. The molecule has 0 spiro atoms. The number of fused-ring (bicyclic) bond motifs is 3. The van der Waals surface area contributed by atoms with Crippen LogP contribution in [-0.2, 0) is 31.5 Å². The van der Waals surface area contributed by atoms with Gasteiger partial charge in [-0.15, -0.1) is 0 Å². The minimum atomic E-state index is -3.91. The quantitative estimate of drug-likeness (QED) is 0.232. The van der Waals surface area contributed by atoms with Gasteiger partial charge in [-0.25, -0.2) is 13.4 Å². The molecular weight excluding hydrogens is 743 g/mol. The molecule has 2 aliphatic carbocycles. The van der Waals surface area contributed by atoms with Crippen LogP contribution in [0.5, 0.6) is 17.4 Å². The van der Waals surface area contributed by atoms with Crippen molar-refractivity contribution in [2.24, 2.45) is 13.0 Å². The molecule has 300 valence electrons. The zero-order valence-electron chi connectivity index (χ0n) is 32.0. The summed E-state index contributed by atoms with van der Waals surface area (Å²) in [6, 6.07) is 4.24. The number of sulfonamides is 1. The number of pyridine rings is 1. The third-order valence-electron chi connectivity index (χ3n) is 10.9. The number of hydrogen-bond acceptors (Lipinski definition) is 11. The average Bonchev–Trinajstić information content (AvgIpc) is 4.03. The Morgan fingerprint density at radius 2 is 1.89 bits per heavy atom. The number of nitrogens with zero attached hydrogens (tertiary/aromatic N) is 4. The summed E-state index contributed by atoms with van der Waals surface area (Å²) in [5.74, 6) is -2.27. The van der Waals surface area contributed by atoms with Gasteiger partial charge in [0.1, 0.15) is 40.9 Å². The third kappa shape index (κ3) is 8.18. The Balaban J connectivity index is 1.23. The van der Waals surface area contributed by atoms with Crippen LogP contribution in [0.1, 0.15) is 87.7 Å². The van der Waals surface area contributed by atoms with Crippen molar-refractivity contribution >= 4 is 44.6 Å². The molecule has 2 saturated carbocycles. The maximum Gasteiger partial charge on any atom is 0.272 e. The Morgan fingerprint density at radius 1 is 1.11 bits per heavy atom. The molecule has 4 N–H and O–H groups in total. The van der Waals surface area contributed by atoms with Gasteiger partial charge in [0.2, 0.25) is 27.7 Å². The number of allylic oxidation sites excluding steroid dienone is 1. The molecule has 0 bridgehead atoms. The van der Waals surface area contributed by atoms with E-state index in [-0.39, 0.29) is 42.8 Å². The summed E-state index contributed by atoms with van der Waals surface area (Å²) in [7, 11) is -2.23. The van der Waals surface area contributed by atoms with E-state index in [1.54, 1.807) is 38.4 Å². The van der Waals surface area contributed by atoms with E-state index in [0.717, 1.165) is 12.8 Å². The van der Waals surface area contributed by atoms with E-state index >= 15 is 0 Å². The van der Waals surface area contributed by atoms with E-state index in [1.807, 2.05) is 26.0 Å². The Morgan fingerprint density at radius 3 is 2.61 bits per heavy atom. The number of aryl methyl sites for hydroxylation is 2. The SMILES string of the molecule is Cc1c(O)ccc2c(O[C@@H]3C[C@H]4C(=O)N[C@]5(C(=O)NS(=O)(=O)C6CC6)C[C@H]5/C=C\CCCCC[C@H](NC(=O)c5ccn(C)n5)C(=O)N4C3)cc(OC(C)C)nc12. The second-order valence-corrected chi connectivity index (χ2v) is 17.6. The maximum absolute atomic E-state index is 14.6. The smallest absolute Gasteiger partial charge is 0.272 e. The van der Waals surface area contributed by atoms with Gasteiger partial charge in [0, 0.05) is 42.6 Å². The number of amides is 4. The fourth-order valence-electron chi connectivity index (χ4n) is 7.56. The van der Waals surface area contributed by atoms with Crippen LogP contribution in [0, 0.1) is 12.8 Å². The highest BCUT2D eigenvalue weighted by atomic mass is 32.2. The molecule has 16 nitrogen and oxygen atoms in total. The number of rotatable bonds is 9. The standard InChI is InChI=1S/C39H49N7O9S/c1-22(2)54-33-19-32(27-14-15-31(47)23(3)34(27)41-33)55-25-18-30-36(49)42-39(38(51)44-56(52,53)26-12-13-26)20-24(39)10-8-6-5-7-9-11-29(37(50)46(30)21-25)40-35(48)28-16-17-45(4)43-28/h8,10,14-17,19,22,24-26,29-30,47H,5-7,9,11-13,18,20-21H2,1-4H3,(H,40,48)(H,42,49)(H,44,51)/b10-8-/t24-,25-,29+,30+,39-/m1/s1. The van der Waals surface area contributed by atoms with Crippen LogP contribution in [0.15, 0.2) is 42.6 Å². The normalized spacial score (nSPS) is 26.3. The number of ether oxygens (including phenoxy) is 2. The van der Waals surface area contributed by atoms with Gasteiger partial charge in [0.05, 0.1) is 23.4 Å². The van der Waals surface area contributed by atoms with Gasteiger partial charge in [-0.2, -0.15) is 5.10 Å². The molecule has 1 saturated heterocycles. The molecule has 4 heterocycles. The molecule has 3 aromatic rings. The van der Waals surface area contributed by atoms with Crippen molar-refractivity contribution in [1.82, 2.24) is 35.0 Å². The first kappa shape index (κ1) is 39.1. The number of carbonyl (C=O) groups is 4. The Hall–Kier alpha value is -5.19. The molecule has 5 atom stereocenters. The summed E-state index contributed by atoms with van der Waals surface area (Å²) in [6.45, 7) is 5.38. The predicted octanol–water partition coefficient (Wildman–Crippen LogP) is 2.92. The van der Waals surface area contributed by atoms with E-state index in [9.17, 15) is 32.7 Å². The highest BCUT2D eigenvalue weighted by molar-refractivity contribution is 7.91. The lowest BCUT2D eigenvalue weighted by Crippen LogP contribution is -2.58. The second-order valence-electron chi connectivity index (χ2n) is 15.6. The number of phenolic OH excluding ortho intramolecular Hbond substituents is 1. The number of nitrogens with one attached hydrogen (secondary N) is 3. The van der Waals surface area contributed by atoms with E-state index in [1.165, 1.54) is 15.6 Å². The lowest BCUT2D eigenvalue weighted by molar-refractivity contribution is -0.141. The zero-order chi connectivity index (χ0) is 39.9. The van der Waals surface area contributed by atoms with Crippen molar-refractivity contribution in [2.75, 3.05) is 6.54 Å². The van der Waals surface area contributed by atoms with E-state index in [0.29, 0.717) is 54.3 Å². The highest BCUT2D eigenvalue weighted by Crippen LogP contribution is 2.46. The van der Waals surface area contributed by atoms with Crippen molar-refractivity contribution in [3.63, 3.8) is 0 Å². The van der Waals surface area contributed by atoms with E-state index in [4.69, 9.17) is 9.47 Å². The summed E-state index contributed by atoms with van der Waals surface area (Å²) in [5, 5.41) is 20.3. The number of carbonyl (C=O) groups excluding carboxylic acids is 4. The van der Waals surface area contributed by atoms with Gasteiger partial charge in [-0.1, -0.05) is 25.0 Å². The first-order chi connectivity index (χ1) is 26.6. The lowest BCUT2D eigenvalue weighted by Gasteiger charge is -2.29. The van der Waals surface area contributed by atoms with Crippen LogP contribution in [0.25, 0.3) is 10.9 Å². The molecule has 0 unspecified atom stereocenters. The highest BCUT2D eigenvalue weighted by Gasteiger charge is 2.62. The summed E-state index contributed by atoms with van der Waals surface area (Å²) in [4.78, 5) is 62.3. The largest absolute Gasteiger partial charge is 0.508 e. The molecule has 7 rings (SSSR count). The van der Waals surface area contributed by atoms with Crippen LogP contribution in [0.4, 0.5) is 0 Å². The topological polar surface area (TPSA) is 211 Å². The molecule has 17 heteroatoms. The number of aromatic hydroxyl groups is 1. The summed E-state index contributed by atoms with van der Waals surface area (Å²) >= 11 is 0. The van der Waals surface area contributed by atoms with Crippen molar-refractivity contribution < 1.29 is 42.2 Å². The predicted molar refractivity (Wildman–Crippen MR) is 204 cm³/mol. The molecule has 2 aromatic heterocycles. The van der Waals surface area contributed by atoms with Gasteiger partial charge in [0.25, 0.3) is 11.8 Å². The first-order valence-electron chi connectivity index (χ1n) is 19.3. The minimum absolute atomic E-state index is 0.0122. The van der Waals surface area contributed by atoms with Crippen LogP contribution in [-0.4, -0.2) is 98.4 Å². The Labute approximate surface area is 325 Å². The molecular formula is C39H49N7O9S. The summed E-state index contributed by atoms with van der Waals surface area (Å²) in [6.07, 6.45) is 8.71. The molecule has 4 amide bonds. The molecule has 0 radical (unpaired) electrons. The summed E-state index contributed by atoms with van der Waals surface area (Å²) < 4.78 is 42.0. The van der Waals surface area contributed by atoms with Crippen molar-refractivity contribution in [1.29, 1.82) is 0 Å². The third-order valence-corrected chi connectivity index (χ3v) is 12.7. The van der Waals surface area contributed by atoms with Gasteiger partial charge in [0.15, 0.2) is 0 Å². The number of hydrogen-bond donors (Lipinski definition) is 4. The zero-order valence-corrected chi connectivity index (χ0v) is 32.8. The first-order valence-corrected chi connectivity index (χ1v) is 20.8. The van der Waals surface area contributed by atoms with Crippen LogP contribution < -0.4 is 24.8 Å². The lowest BCUT2D eigenvalue weighted by atomic mass is 10.0. The van der Waals surface area contributed by atoms with Crippen LogP contribution >= 0.6 is 0 Å². The number of aromatic nitrogens is 3. The average molecular weight is 792 g/mol. The minimum Gasteiger partial charge on any atom is -0.508 e. The fourth-order valence-corrected chi connectivity index (χ4v) is 8.92. The van der Waals surface area contributed by atoms with Crippen LogP contribution in [0.3, 0.4) is 0 Å². The number of benzene rings is 1. The van der Waals surface area contributed by atoms with Gasteiger partial charge in [-0.3, -0.25) is 28.6 Å². The molecule has 4 aliphatic rings.